The quantitative estimate of drug-likeness (QED) is 0.363. The SMILES string of the molecule is CC1(C)CC(Nc2nc(Nc3cc(OCC(F)(F)F)cc(OCC(F)(F)F)c3)ncc2C#N)CC(C)(C)N1. The van der Waals surface area contributed by atoms with Gasteiger partial charge in [-0.2, -0.15) is 36.6 Å². The molecule has 0 aliphatic carbocycles. The molecule has 0 unspecified atom stereocenters. The van der Waals surface area contributed by atoms with Crippen molar-refractivity contribution in [3.8, 4) is 17.6 Å². The number of alkyl halides is 6. The highest BCUT2D eigenvalue weighted by molar-refractivity contribution is 5.62. The predicted octanol–water partition coefficient (Wildman–Crippen LogP) is 5.70. The number of nitrogens with one attached hydrogen (secondary N) is 3. The second-order valence-corrected chi connectivity index (χ2v) is 10.3. The second-order valence-electron chi connectivity index (χ2n) is 10.3. The molecule has 0 saturated carbocycles. The first-order valence-corrected chi connectivity index (χ1v) is 11.6. The molecule has 1 aliphatic heterocycles. The minimum absolute atomic E-state index is 0.0154. The summed E-state index contributed by atoms with van der Waals surface area (Å²) in [5, 5.41) is 19.1. The van der Waals surface area contributed by atoms with E-state index < -0.39 is 25.6 Å². The molecule has 0 atom stereocenters. The topological polar surface area (TPSA) is 104 Å². The number of ether oxygens (including phenoxy) is 2. The molecule has 0 bridgehead atoms. The third-order valence-corrected chi connectivity index (χ3v) is 5.38. The Labute approximate surface area is 215 Å². The maximum absolute atomic E-state index is 12.6. The Balaban J connectivity index is 1.86. The Morgan fingerprint density at radius 1 is 0.974 bits per heavy atom. The number of hydrogen-bond donors (Lipinski definition) is 3. The van der Waals surface area contributed by atoms with E-state index >= 15 is 0 Å². The zero-order chi connectivity index (χ0) is 28.4. The van der Waals surface area contributed by atoms with Gasteiger partial charge in [-0.15, -0.1) is 0 Å². The van der Waals surface area contributed by atoms with E-state index in [9.17, 15) is 31.6 Å². The summed E-state index contributed by atoms with van der Waals surface area (Å²) in [5.74, 6) is -0.568. The average Bonchev–Trinajstić information content (AvgIpc) is 2.73. The molecule has 208 valence electrons. The first-order valence-electron chi connectivity index (χ1n) is 11.6. The molecular formula is C24H28F6N6O2. The van der Waals surface area contributed by atoms with Gasteiger partial charge in [0.2, 0.25) is 5.95 Å². The molecule has 0 spiro atoms. The predicted molar refractivity (Wildman–Crippen MR) is 128 cm³/mol. The van der Waals surface area contributed by atoms with E-state index in [4.69, 9.17) is 9.47 Å². The Morgan fingerprint density at radius 2 is 1.50 bits per heavy atom. The van der Waals surface area contributed by atoms with Crippen LogP contribution in [0, 0.1) is 11.3 Å². The second kappa shape index (κ2) is 10.7. The van der Waals surface area contributed by atoms with Crippen LogP contribution in [0.25, 0.3) is 0 Å². The zero-order valence-electron chi connectivity index (χ0n) is 21.1. The van der Waals surface area contributed by atoms with E-state index in [1.54, 1.807) is 0 Å². The van der Waals surface area contributed by atoms with Crippen LogP contribution in [-0.2, 0) is 0 Å². The van der Waals surface area contributed by atoms with Crippen LogP contribution in [0.4, 0.5) is 43.8 Å². The van der Waals surface area contributed by atoms with E-state index in [0.29, 0.717) is 0 Å². The van der Waals surface area contributed by atoms with Crippen LogP contribution in [0.1, 0.15) is 46.1 Å². The van der Waals surface area contributed by atoms with Gasteiger partial charge in [0.25, 0.3) is 0 Å². The fourth-order valence-electron chi connectivity index (χ4n) is 4.52. The number of rotatable bonds is 8. The van der Waals surface area contributed by atoms with Gasteiger partial charge in [-0.3, -0.25) is 0 Å². The summed E-state index contributed by atoms with van der Waals surface area (Å²) in [6.07, 6.45) is -6.60. The minimum atomic E-state index is -4.66. The molecule has 1 aliphatic rings. The maximum Gasteiger partial charge on any atom is 0.422 e. The summed E-state index contributed by atoms with van der Waals surface area (Å²) < 4.78 is 85.1. The Hall–Kier alpha value is -3.47. The van der Waals surface area contributed by atoms with Gasteiger partial charge < -0.3 is 25.4 Å². The van der Waals surface area contributed by atoms with Crippen molar-refractivity contribution < 1.29 is 35.8 Å². The smallest absolute Gasteiger partial charge is 0.422 e. The molecule has 1 fully saturated rings. The van der Waals surface area contributed by atoms with Crippen LogP contribution in [0.5, 0.6) is 11.5 Å². The molecule has 8 nitrogen and oxygen atoms in total. The molecule has 0 amide bonds. The van der Waals surface area contributed by atoms with Gasteiger partial charge in [0.1, 0.15) is 28.9 Å². The number of nitriles is 1. The van der Waals surface area contributed by atoms with Crippen LogP contribution >= 0.6 is 0 Å². The monoisotopic (exact) mass is 546 g/mol. The highest BCUT2D eigenvalue weighted by Crippen LogP contribution is 2.33. The zero-order valence-corrected chi connectivity index (χ0v) is 21.1. The van der Waals surface area contributed by atoms with E-state index in [0.717, 1.165) is 31.0 Å². The summed E-state index contributed by atoms with van der Waals surface area (Å²) >= 11 is 0. The molecular weight excluding hydrogens is 518 g/mol. The number of benzene rings is 1. The number of aromatic nitrogens is 2. The van der Waals surface area contributed by atoms with E-state index in [-0.39, 0.29) is 51.6 Å². The molecule has 1 aromatic carbocycles. The van der Waals surface area contributed by atoms with Gasteiger partial charge in [0.05, 0.1) is 6.20 Å². The summed E-state index contributed by atoms with van der Waals surface area (Å²) in [5.41, 5.74) is -0.198. The lowest BCUT2D eigenvalue weighted by Gasteiger charge is -2.46. The summed E-state index contributed by atoms with van der Waals surface area (Å²) in [4.78, 5) is 8.39. The number of anilines is 3. The van der Waals surface area contributed by atoms with Crippen molar-refractivity contribution in [1.82, 2.24) is 15.3 Å². The Bertz CT molecular complexity index is 1120. The van der Waals surface area contributed by atoms with Crippen molar-refractivity contribution in [1.29, 1.82) is 5.26 Å². The van der Waals surface area contributed by atoms with Gasteiger partial charge in [-0.1, -0.05) is 0 Å². The van der Waals surface area contributed by atoms with Crippen molar-refractivity contribution in [2.45, 2.75) is 70.0 Å². The minimum Gasteiger partial charge on any atom is -0.484 e. The number of nitrogens with zero attached hydrogens (tertiary/aromatic N) is 3. The van der Waals surface area contributed by atoms with Crippen molar-refractivity contribution >= 4 is 17.5 Å². The lowest BCUT2D eigenvalue weighted by molar-refractivity contribution is -0.153. The maximum atomic E-state index is 12.6. The van der Waals surface area contributed by atoms with Gasteiger partial charge >= 0.3 is 12.4 Å². The molecule has 3 rings (SSSR count). The van der Waals surface area contributed by atoms with E-state index in [1.807, 2.05) is 6.07 Å². The standard InChI is InChI=1S/C24H28F6N6O2/c1-21(2)8-16(9-22(3,4)36-21)33-19-14(10-31)11-32-20(35-19)34-15-5-17(37-12-23(25,26)27)7-18(6-15)38-13-24(28,29)30/h5-7,11,16,36H,8-9,12-13H2,1-4H3,(H2,32,33,34,35). The average molecular weight is 547 g/mol. The highest BCUT2D eigenvalue weighted by Gasteiger charge is 2.38. The molecule has 2 heterocycles. The van der Waals surface area contributed by atoms with E-state index in [2.05, 4.69) is 53.6 Å². The van der Waals surface area contributed by atoms with Crippen LogP contribution in [0.2, 0.25) is 0 Å². The first-order chi connectivity index (χ1) is 17.4. The van der Waals surface area contributed by atoms with Crippen molar-refractivity contribution in [2.24, 2.45) is 0 Å². The van der Waals surface area contributed by atoms with Gasteiger partial charge in [0, 0.05) is 41.0 Å². The Kier molecular flexibility index (Phi) is 8.21. The number of piperidine rings is 1. The van der Waals surface area contributed by atoms with E-state index in [1.165, 1.54) is 6.20 Å². The van der Waals surface area contributed by atoms with Crippen molar-refractivity contribution in [3.63, 3.8) is 0 Å². The number of halogens is 6. The highest BCUT2D eigenvalue weighted by atomic mass is 19.4. The molecule has 0 radical (unpaired) electrons. The largest absolute Gasteiger partial charge is 0.484 e. The van der Waals surface area contributed by atoms with Gasteiger partial charge in [0.15, 0.2) is 13.2 Å². The molecule has 2 aromatic rings. The van der Waals surface area contributed by atoms with Crippen LogP contribution < -0.4 is 25.4 Å². The molecule has 3 N–H and O–H groups in total. The molecule has 38 heavy (non-hydrogen) atoms. The fourth-order valence-corrected chi connectivity index (χ4v) is 4.52. The third-order valence-electron chi connectivity index (χ3n) is 5.38. The van der Waals surface area contributed by atoms with Gasteiger partial charge in [-0.05, 0) is 40.5 Å². The van der Waals surface area contributed by atoms with Crippen molar-refractivity contribution in [2.75, 3.05) is 23.8 Å². The fraction of sp³-hybridized carbons (Fsp3) is 0.542. The number of hydrogen-bond acceptors (Lipinski definition) is 8. The first kappa shape index (κ1) is 29.1. The lowest BCUT2D eigenvalue weighted by atomic mass is 9.79. The van der Waals surface area contributed by atoms with Crippen molar-refractivity contribution in [3.05, 3.63) is 30.0 Å². The molecule has 1 aromatic heterocycles. The summed E-state index contributed by atoms with van der Waals surface area (Å²) in [7, 11) is 0. The summed E-state index contributed by atoms with van der Waals surface area (Å²) in [6.45, 7) is 4.94. The molecule has 14 heteroatoms. The van der Waals surface area contributed by atoms with Crippen LogP contribution in [0.3, 0.4) is 0 Å². The van der Waals surface area contributed by atoms with Crippen LogP contribution in [0.15, 0.2) is 24.4 Å². The Morgan fingerprint density at radius 3 is 1.97 bits per heavy atom. The third kappa shape index (κ3) is 9.13. The van der Waals surface area contributed by atoms with Gasteiger partial charge in [-0.25, -0.2) is 4.98 Å². The molecule has 1 saturated heterocycles. The lowest BCUT2D eigenvalue weighted by Crippen LogP contribution is -2.60. The normalized spacial score (nSPS) is 17.4. The summed E-state index contributed by atoms with van der Waals surface area (Å²) in [6, 6.07) is 5.16. The van der Waals surface area contributed by atoms with Crippen LogP contribution in [-0.4, -0.2) is 52.7 Å².